The van der Waals surface area contributed by atoms with Crippen molar-refractivity contribution in [3.8, 4) is 0 Å². The zero-order valence-electron chi connectivity index (χ0n) is 11.8. The summed E-state index contributed by atoms with van der Waals surface area (Å²) in [6.45, 7) is 2.31. The van der Waals surface area contributed by atoms with Crippen molar-refractivity contribution in [1.82, 2.24) is 9.55 Å². The molecular weight excluding hydrogens is 283 g/mol. The largest absolute Gasteiger partial charge is 0.394 e. The molecule has 1 aromatic heterocycles. The van der Waals surface area contributed by atoms with Gasteiger partial charge in [0.1, 0.15) is 12.3 Å². The van der Waals surface area contributed by atoms with Crippen molar-refractivity contribution in [2.24, 2.45) is 0 Å². The summed E-state index contributed by atoms with van der Waals surface area (Å²) in [7, 11) is 0. The molecule has 0 bridgehead atoms. The van der Waals surface area contributed by atoms with Crippen LogP contribution in [0, 0.1) is 5.82 Å². The Labute approximate surface area is 120 Å². The number of hydrogen-bond acceptors (Lipinski definition) is 5. The Hall–Kier alpha value is -1.51. The van der Waals surface area contributed by atoms with Crippen molar-refractivity contribution in [2.45, 2.75) is 44.6 Å². The minimum Gasteiger partial charge on any atom is -0.394 e. The number of ether oxygens (including phenoxy) is 2. The van der Waals surface area contributed by atoms with Crippen molar-refractivity contribution in [3.63, 3.8) is 0 Å². The maximum atomic E-state index is 13.3. The third kappa shape index (κ3) is 3.58. The fourth-order valence-electron chi connectivity index (χ4n) is 2.26. The number of nitrogens with one attached hydrogen (secondary N) is 1. The fraction of sp³-hybridized carbons (Fsp3) is 0.692. The molecule has 0 aromatic carbocycles. The topological polar surface area (TPSA) is 93.6 Å². The number of aromatic amines is 1. The average Bonchev–Trinajstić information content (AvgIpc) is 2.86. The average molecular weight is 302 g/mol. The standard InChI is InChI=1S/C13H19FN2O5/c1-2-3-4-20-9-5-11(21-10(9)7-17)16-6-8(14)12(18)15-13(16)19/h6,9-11,17H,2-5,7H2,1H3,(H,15,18,19)/t9-,10+,11+/m0/s1. The van der Waals surface area contributed by atoms with Gasteiger partial charge in [-0.25, -0.2) is 4.79 Å². The molecule has 0 radical (unpaired) electrons. The Morgan fingerprint density at radius 2 is 2.33 bits per heavy atom. The van der Waals surface area contributed by atoms with Crippen LogP contribution in [0.25, 0.3) is 0 Å². The van der Waals surface area contributed by atoms with Crippen molar-refractivity contribution in [3.05, 3.63) is 32.9 Å². The predicted octanol–water partition coefficient (Wildman–Crippen LogP) is 0.141. The summed E-state index contributed by atoms with van der Waals surface area (Å²) in [5.74, 6) is -1.06. The van der Waals surface area contributed by atoms with E-state index in [-0.39, 0.29) is 12.7 Å². The number of halogens is 1. The van der Waals surface area contributed by atoms with Gasteiger partial charge in [0, 0.05) is 13.0 Å². The summed E-state index contributed by atoms with van der Waals surface area (Å²) >= 11 is 0. The second-order valence-corrected chi connectivity index (χ2v) is 4.95. The van der Waals surface area contributed by atoms with Crippen LogP contribution in [0.5, 0.6) is 0 Å². The van der Waals surface area contributed by atoms with Crippen molar-refractivity contribution in [1.29, 1.82) is 0 Å². The highest BCUT2D eigenvalue weighted by molar-refractivity contribution is 4.91. The van der Waals surface area contributed by atoms with E-state index in [0.717, 1.165) is 23.6 Å². The number of aromatic nitrogens is 2. The molecule has 1 aliphatic heterocycles. The molecule has 8 heteroatoms. The van der Waals surface area contributed by atoms with Gasteiger partial charge in [0.25, 0.3) is 5.56 Å². The number of unbranched alkanes of at least 4 members (excludes halogenated alkanes) is 1. The van der Waals surface area contributed by atoms with Gasteiger partial charge in [-0.15, -0.1) is 0 Å². The van der Waals surface area contributed by atoms with E-state index in [2.05, 4.69) is 0 Å². The molecule has 2 N–H and O–H groups in total. The third-order valence-corrected chi connectivity index (χ3v) is 3.42. The fourth-order valence-corrected chi connectivity index (χ4v) is 2.26. The van der Waals surface area contributed by atoms with Gasteiger partial charge in [0.2, 0.25) is 5.82 Å². The molecule has 1 aromatic rings. The number of hydrogen-bond donors (Lipinski definition) is 2. The van der Waals surface area contributed by atoms with E-state index >= 15 is 0 Å². The Kier molecular flexibility index (Phi) is 5.27. The third-order valence-electron chi connectivity index (χ3n) is 3.42. The maximum Gasteiger partial charge on any atom is 0.330 e. The molecule has 1 saturated heterocycles. The van der Waals surface area contributed by atoms with Crippen LogP contribution in [-0.2, 0) is 9.47 Å². The zero-order chi connectivity index (χ0) is 15.4. The monoisotopic (exact) mass is 302 g/mol. The molecule has 0 unspecified atom stereocenters. The van der Waals surface area contributed by atoms with Gasteiger partial charge in [-0.1, -0.05) is 13.3 Å². The van der Waals surface area contributed by atoms with Crippen LogP contribution in [0.1, 0.15) is 32.4 Å². The SMILES string of the molecule is CCCCO[C@H]1C[C@H](n2cc(F)c(=O)[nH]c2=O)O[C@@H]1CO. The molecule has 3 atom stereocenters. The van der Waals surface area contributed by atoms with E-state index in [4.69, 9.17) is 9.47 Å². The number of rotatable bonds is 6. The lowest BCUT2D eigenvalue weighted by Crippen LogP contribution is -2.34. The number of H-pyrrole nitrogens is 1. The molecule has 21 heavy (non-hydrogen) atoms. The quantitative estimate of drug-likeness (QED) is 0.729. The van der Waals surface area contributed by atoms with E-state index in [9.17, 15) is 19.1 Å². The number of aliphatic hydroxyl groups excluding tert-OH is 1. The van der Waals surface area contributed by atoms with E-state index in [1.54, 1.807) is 0 Å². The van der Waals surface area contributed by atoms with Crippen molar-refractivity contribution < 1.29 is 19.0 Å². The Balaban J connectivity index is 2.13. The molecule has 0 spiro atoms. The van der Waals surface area contributed by atoms with Crippen LogP contribution < -0.4 is 11.2 Å². The van der Waals surface area contributed by atoms with E-state index in [0.29, 0.717) is 13.0 Å². The Bertz CT molecular complexity index is 585. The van der Waals surface area contributed by atoms with Gasteiger partial charge < -0.3 is 14.6 Å². The first-order valence-corrected chi connectivity index (χ1v) is 6.95. The van der Waals surface area contributed by atoms with Gasteiger partial charge in [-0.05, 0) is 6.42 Å². The highest BCUT2D eigenvalue weighted by Gasteiger charge is 2.37. The lowest BCUT2D eigenvalue weighted by Gasteiger charge is -2.16. The lowest BCUT2D eigenvalue weighted by molar-refractivity contribution is -0.0626. The predicted molar refractivity (Wildman–Crippen MR) is 71.5 cm³/mol. The highest BCUT2D eigenvalue weighted by Crippen LogP contribution is 2.29. The van der Waals surface area contributed by atoms with Crippen LogP contribution in [0.15, 0.2) is 15.8 Å². The van der Waals surface area contributed by atoms with Crippen LogP contribution in [0.2, 0.25) is 0 Å². The van der Waals surface area contributed by atoms with Crippen LogP contribution in [-0.4, -0.2) is 40.1 Å². The minimum atomic E-state index is -1.07. The number of aliphatic hydroxyl groups is 1. The second-order valence-electron chi connectivity index (χ2n) is 4.95. The molecular formula is C13H19FN2O5. The molecule has 118 valence electrons. The summed E-state index contributed by atoms with van der Waals surface area (Å²) in [6, 6.07) is 0. The molecule has 2 rings (SSSR count). The Morgan fingerprint density at radius 1 is 1.57 bits per heavy atom. The smallest absolute Gasteiger partial charge is 0.330 e. The molecule has 2 heterocycles. The number of nitrogens with zero attached hydrogens (tertiary/aromatic N) is 1. The van der Waals surface area contributed by atoms with Crippen LogP contribution >= 0.6 is 0 Å². The minimum absolute atomic E-state index is 0.256. The molecule has 7 nitrogen and oxygen atoms in total. The highest BCUT2D eigenvalue weighted by atomic mass is 19.1. The van der Waals surface area contributed by atoms with Gasteiger partial charge in [-0.3, -0.25) is 14.3 Å². The van der Waals surface area contributed by atoms with Crippen molar-refractivity contribution >= 4 is 0 Å². The summed E-state index contributed by atoms with van der Waals surface area (Å²) in [5.41, 5.74) is -1.82. The Morgan fingerprint density at radius 3 is 3.00 bits per heavy atom. The van der Waals surface area contributed by atoms with Crippen LogP contribution in [0.3, 0.4) is 0 Å². The first-order chi connectivity index (χ1) is 10.1. The van der Waals surface area contributed by atoms with Crippen LogP contribution in [0.4, 0.5) is 4.39 Å². The summed E-state index contributed by atoms with van der Waals surface area (Å²) < 4.78 is 25.4. The zero-order valence-corrected chi connectivity index (χ0v) is 11.8. The van der Waals surface area contributed by atoms with Gasteiger partial charge in [0.15, 0.2) is 0 Å². The molecule has 0 aliphatic carbocycles. The second kappa shape index (κ2) is 6.97. The summed E-state index contributed by atoms with van der Waals surface area (Å²) in [5, 5.41) is 9.30. The molecule has 1 aliphatic rings. The molecule has 0 amide bonds. The van der Waals surface area contributed by atoms with Gasteiger partial charge >= 0.3 is 5.69 Å². The lowest BCUT2D eigenvalue weighted by atomic mass is 10.2. The first kappa shape index (κ1) is 15.9. The first-order valence-electron chi connectivity index (χ1n) is 6.95. The summed E-state index contributed by atoms with van der Waals surface area (Å²) in [6.07, 6.45) is 1.27. The molecule has 1 fully saturated rings. The van der Waals surface area contributed by atoms with Gasteiger partial charge in [0.05, 0.1) is 18.9 Å². The van der Waals surface area contributed by atoms with E-state index in [1.165, 1.54) is 0 Å². The normalized spacial score (nSPS) is 25.4. The van der Waals surface area contributed by atoms with E-state index in [1.807, 2.05) is 11.9 Å². The summed E-state index contributed by atoms with van der Waals surface area (Å²) in [4.78, 5) is 24.6. The van der Waals surface area contributed by atoms with Gasteiger partial charge in [-0.2, -0.15) is 4.39 Å². The molecule has 0 saturated carbocycles. The maximum absolute atomic E-state index is 13.3. The van der Waals surface area contributed by atoms with Crippen molar-refractivity contribution in [2.75, 3.05) is 13.2 Å². The van der Waals surface area contributed by atoms with E-state index < -0.39 is 29.4 Å².